The lowest BCUT2D eigenvalue weighted by Gasteiger charge is -2.07. The summed E-state index contributed by atoms with van der Waals surface area (Å²) < 4.78 is 27.7. The van der Waals surface area contributed by atoms with E-state index in [1.165, 1.54) is 0 Å². The molecule has 96 valence electrons. The van der Waals surface area contributed by atoms with Gasteiger partial charge in [0, 0.05) is 25.5 Å². The number of rotatable bonds is 8. The monoisotopic (exact) mass is 257 g/mol. The standard InChI is InChI=1S/C11H19N3O2S/c1-2-7-13-17(15,16)14-9-4-6-11-5-3-8-12-10-11/h3,5,8,10,13-14H,2,4,6-7,9H2,1H3. The predicted molar refractivity (Wildman–Crippen MR) is 67.8 cm³/mol. The first-order valence-corrected chi connectivity index (χ1v) is 7.25. The van der Waals surface area contributed by atoms with Gasteiger partial charge in [-0.05, 0) is 30.9 Å². The van der Waals surface area contributed by atoms with Crippen LogP contribution in [0.25, 0.3) is 0 Å². The summed E-state index contributed by atoms with van der Waals surface area (Å²) in [5.41, 5.74) is 1.12. The molecule has 0 fully saturated rings. The fourth-order valence-corrected chi connectivity index (χ4v) is 2.32. The highest BCUT2D eigenvalue weighted by Gasteiger charge is 2.06. The van der Waals surface area contributed by atoms with Gasteiger partial charge in [-0.1, -0.05) is 13.0 Å². The molecule has 1 rings (SSSR count). The van der Waals surface area contributed by atoms with Gasteiger partial charge in [-0.2, -0.15) is 8.42 Å². The summed E-state index contributed by atoms with van der Waals surface area (Å²) in [7, 11) is -3.31. The Morgan fingerprint density at radius 2 is 2.06 bits per heavy atom. The van der Waals surface area contributed by atoms with Crippen LogP contribution >= 0.6 is 0 Å². The largest absolute Gasteiger partial charge is 0.276 e. The summed E-state index contributed by atoms with van der Waals surface area (Å²) in [5, 5.41) is 0. The summed E-state index contributed by atoms with van der Waals surface area (Å²) in [4.78, 5) is 4.00. The van der Waals surface area contributed by atoms with Gasteiger partial charge in [0.1, 0.15) is 0 Å². The summed E-state index contributed by atoms with van der Waals surface area (Å²) in [6, 6.07) is 3.86. The molecule has 0 radical (unpaired) electrons. The van der Waals surface area contributed by atoms with Crippen molar-refractivity contribution in [2.75, 3.05) is 13.1 Å². The van der Waals surface area contributed by atoms with E-state index in [1.54, 1.807) is 12.4 Å². The van der Waals surface area contributed by atoms with Gasteiger partial charge in [0.05, 0.1) is 0 Å². The SMILES string of the molecule is CCCNS(=O)(=O)NCCCc1cccnc1. The molecule has 0 spiro atoms. The van der Waals surface area contributed by atoms with Gasteiger partial charge in [0.2, 0.25) is 0 Å². The zero-order valence-electron chi connectivity index (χ0n) is 10.0. The molecule has 0 aliphatic rings. The second-order valence-electron chi connectivity index (χ2n) is 3.76. The molecule has 6 heteroatoms. The van der Waals surface area contributed by atoms with Crippen molar-refractivity contribution in [3.63, 3.8) is 0 Å². The fourth-order valence-electron chi connectivity index (χ4n) is 1.33. The van der Waals surface area contributed by atoms with Crippen molar-refractivity contribution >= 4 is 10.2 Å². The predicted octanol–water partition coefficient (Wildman–Crippen LogP) is 0.848. The molecule has 0 bridgehead atoms. The molecule has 0 aliphatic heterocycles. The fraction of sp³-hybridized carbons (Fsp3) is 0.545. The van der Waals surface area contributed by atoms with Gasteiger partial charge in [-0.25, -0.2) is 9.44 Å². The smallest absolute Gasteiger partial charge is 0.264 e. The van der Waals surface area contributed by atoms with Gasteiger partial charge in [0.25, 0.3) is 10.2 Å². The molecular weight excluding hydrogens is 238 g/mol. The van der Waals surface area contributed by atoms with Gasteiger partial charge in [-0.15, -0.1) is 0 Å². The van der Waals surface area contributed by atoms with E-state index in [0.29, 0.717) is 13.1 Å². The molecule has 0 amide bonds. The van der Waals surface area contributed by atoms with E-state index in [4.69, 9.17) is 0 Å². The second kappa shape index (κ2) is 7.37. The minimum atomic E-state index is -3.31. The third-order valence-corrected chi connectivity index (χ3v) is 3.37. The number of pyridine rings is 1. The lowest BCUT2D eigenvalue weighted by Crippen LogP contribution is -2.37. The third kappa shape index (κ3) is 6.35. The van der Waals surface area contributed by atoms with Crippen molar-refractivity contribution in [3.8, 4) is 0 Å². The molecule has 0 saturated heterocycles. The van der Waals surface area contributed by atoms with Crippen LogP contribution in [0.4, 0.5) is 0 Å². The number of nitrogens with one attached hydrogen (secondary N) is 2. The first-order chi connectivity index (χ1) is 8.14. The number of hydrogen-bond donors (Lipinski definition) is 2. The quantitative estimate of drug-likeness (QED) is 0.678. The van der Waals surface area contributed by atoms with Crippen molar-refractivity contribution in [2.24, 2.45) is 0 Å². The maximum absolute atomic E-state index is 11.4. The van der Waals surface area contributed by atoms with Gasteiger partial charge in [0.15, 0.2) is 0 Å². The highest BCUT2D eigenvalue weighted by atomic mass is 32.2. The minimum absolute atomic E-state index is 0.438. The molecule has 1 aromatic rings. The Kier molecular flexibility index (Phi) is 6.10. The first-order valence-electron chi connectivity index (χ1n) is 5.77. The Morgan fingerprint density at radius 1 is 1.29 bits per heavy atom. The molecule has 0 aromatic carbocycles. The van der Waals surface area contributed by atoms with Crippen LogP contribution in [0, 0.1) is 0 Å². The lowest BCUT2D eigenvalue weighted by molar-refractivity contribution is 0.563. The van der Waals surface area contributed by atoms with Crippen LogP contribution in [-0.4, -0.2) is 26.5 Å². The Hall–Kier alpha value is -0.980. The molecule has 0 atom stereocenters. The van der Waals surface area contributed by atoms with Crippen LogP contribution in [0.1, 0.15) is 25.3 Å². The normalized spacial score (nSPS) is 11.6. The summed E-state index contributed by atoms with van der Waals surface area (Å²) >= 11 is 0. The maximum atomic E-state index is 11.4. The van der Waals surface area contributed by atoms with Gasteiger partial charge < -0.3 is 0 Å². The van der Waals surface area contributed by atoms with E-state index in [-0.39, 0.29) is 0 Å². The highest BCUT2D eigenvalue weighted by Crippen LogP contribution is 1.99. The van der Waals surface area contributed by atoms with Crippen LogP contribution in [0.3, 0.4) is 0 Å². The molecule has 0 aliphatic carbocycles. The van der Waals surface area contributed by atoms with Crippen molar-refractivity contribution in [1.82, 2.24) is 14.4 Å². The van der Waals surface area contributed by atoms with Crippen LogP contribution in [0.2, 0.25) is 0 Å². The van der Waals surface area contributed by atoms with E-state index >= 15 is 0 Å². The van der Waals surface area contributed by atoms with E-state index in [1.807, 2.05) is 19.1 Å². The van der Waals surface area contributed by atoms with Crippen molar-refractivity contribution in [2.45, 2.75) is 26.2 Å². The molecule has 1 aromatic heterocycles. The summed E-state index contributed by atoms with van der Waals surface area (Å²) in [6.07, 6.45) is 5.89. The highest BCUT2D eigenvalue weighted by molar-refractivity contribution is 7.87. The second-order valence-corrected chi connectivity index (χ2v) is 5.34. The van der Waals surface area contributed by atoms with Gasteiger partial charge in [-0.3, -0.25) is 4.98 Å². The van der Waals surface area contributed by atoms with Crippen molar-refractivity contribution in [3.05, 3.63) is 30.1 Å². The van der Waals surface area contributed by atoms with Crippen LogP contribution < -0.4 is 9.44 Å². The Balaban J connectivity index is 2.20. The molecule has 0 saturated carbocycles. The van der Waals surface area contributed by atoms with Crippen molar-refractivity contribution < 1.29 is 8.42 Å². The number of hydrogen-bond acceptors (Lipinski definition) is 3. The zero-order valence-corrected chi connectivity index (χ0v) is 10.8. The lowest BCUT2D eigenvalue weighted by atomic mass is 10.2. The number of aromatic nitrogens is 1. The molecule has 17 heavy (non-hydrogen) atoms. The van der Waals surface area contributed by atoms with E-state index < -0.39 is 10.2 Å². The number of aryl methyl sites for hydroxylation is 1. The molecule has 2 N–H and O–H groups in total. The average Bonchev–Trinajstić information content (AvgIpc) is 2.34. The zero-order chi connectivity index (χ0) is 12.6. The first kappa shape index (κ1) is 14.1. The minimum Gasteiger partial charge on any atom is -0.264 e. The number of nitrogens with zero attached hydrogens (tertiary/aromatic N) is 1. The molecular formula is C11H19N3O2S. The average molecular weight is 257 g/mol. The molecule has 1 heterocycles. The van der Waals surface area contributed by atoms with E-state index in [0.717, 1.165) is 24.8 Å². The molecule has 0 unspecified atom stereocenters. The van der Waals surface area contributed by atoms with Gasteiger partial charge >= 0.3 is 0 Å². The van der Waals surface area contributed by atoms with Crippen LogP contribution in [0.5, 0.6) is 0 Å². The summed E-state index contributed by atoms with van der Waals surface area (Å²) in [6.45, 7) is 2.83. The van der Waals surface area contributed by atoms with Crippen LogP contribution in [-0.2, 0) is 16.6 Å². The summed E-state index contributed by atoms with van der Waals surface area (Å²) in [5.74, 6) is 0. The Morgan fingerprint density at radius 3 is 2.71 bits per heavy atom. The van der Waals surface area contributed by atoms with Crippen LogP contribution in [0.15, 0.2) is 24.5 Å². The molecule has 5 nitrogen and oxygen atoms in total. The Labute approximate surface area is 103 Å². The third-order valence-electron chi connectivity index (χ3n) is 2.20. The van der Waals surface area contributed by atoms with Crippen molar-refractivity contribution in [1.29, 1.82) is 0 Å². The van der Waals surface area contributed by atoms with E-state index in [9.17, 15) is 8.42 Å². The maximum Gasteiger partial charge on any atom is 0.276 e. The van der Waals surface area contributed by atoms with E-state index in [2.05, 4.69) is 14.4 Å². The topological polar surface area (TPSA) is 71.1 Å². The Bertz CT molecular complexity index is 406.